The van der Waals surface area contributed by atoms with E-state index >= 15 is 0 Å². The van der Waals surface area contributed by atoms with Gasteiger partial charge in [0.1, 0.15) is 0 Å². The van der Waals surface area contributed by atoms with Gasteiger partial charge in [0.25, 0.3) is 0 Å². The largest absolute Gasteiger partial charge is 0.383 e. The number of rotatable bonds is 5. The zero-order valence-electron chi connectivity index (χ0n) is 12.6. The van der Waals surface area contributed by atoms with Crippen LogP contribution < -0.4 is 5.32 Å². The minimum absolute atomic E-state index is 0.435. The van der Waals surface area contributed by atoms with Crippen LogP contribution in [0.15, 0.2) is 18.3 Å². The van der Waals surface area contributed by atoms with E-state index in [1.807, 2.05) is 6.07 Å². The van der Waals surface area contributed by atoms with Gasteiger partial charge in [-0.05, 0) is 19.0 Å². The van der Waals surface area contributed by atoms with Crippen molar-refractivity contribution in [1.82, 2.24) is 14.8 Å². The molecule has 1 aromatic heterocycles. The Kier molecular flexibility index (Phi) is 5.31. The van der Waals surface area contributed by atoms with Gasteiger partial charge in [0.05, 0.1) is 0 Å². The topological polar surface area (TPSA) is 31.4 Å². The third-order valence-corrected chi connectivity index (χ3v) is 4.02. The number of pyridine rings is 1. The lowest BCUT2D eigenvalue weighted by molar-refractivity contribution is 0.0944. The Balaban J connectivity index is 1.92. The summed E-state index contributed by atoms with van der Waals surface area (Å²) in [6.07, 6.45) is 1.50. The predicted octanol–water partition coefficient (Wildman–Crippen LogP) is 1.90. The number of hydrogen-bond acceptors (Lipinski definition) is 4. The fraction of sp³-hybridized carbons (Fsp3) is 0.667. The van der Waals surface area contributed by atoms with Crippen LogP contribution in [0.3, 0.4) is 0 Å². The molecule has 5 heteroatoms. The summed E-state index contributed by atoms with van der Waals surface area (Å²) in [5.74, 6) is 0.133. The van der Waals surface area contributed by atoms with Crippen LogP contribution in [0.2, 0.25) is 0 Å². The highest BCUT2D eigenvalue weighted by Gasteiger charge is 2.24. The fourth-order valence-electron chi connectivity index (χ4n) is 2.67. The number of nitrogens with zero attached hydrogens (tertiary/aromatic N) is 3. The van der Waals surface area contributed by atoms with Crippen molar-refractivity contribution in [1.29, 1.82) is 0 Å². The number of aromatic nitrogens is 1. The standard InChI is InChI=1S/C15H25FN4/c1-12(2)14(20-8-6-19(3)7-9-20)11-18-13-4-5-17-15(16)10-13/h4-5,10,12,14H,6-9,11H2,1-3H3,(H,17,18). The SMILES string of the molecule is CC(C)C(CNc1ccnc(F)c1)N1CCN(C)CC1. The van der Waals surface area contributed by atoms with Crippen LogP contribution in [-0.4, -0.2) is 60.6 Å². The smallest absolute Gasteiger partial charge is 0.214 e. The highest BCUT2D eigenvalue weighted by Crippen LogP contribution is 2.15. The van der Waals surface area contributed by atoms with Crippen molar-refractivity contribution in [2.45, 2.75) is 19.9 Å². The summed E-state index contributed by atoms with van der Waals surface area (Å²) in [7, 11) is 2.17. The van der Waals surface area contributed by atoms with Crippen LogP contribution in [0, 0.1) is 11.9 Å². The molecule has 0 radical (unpaired) electrons. The summed E-state index contributed by atoms with van der Waals surface area (Å²) in [6.45, 7) is 9.78. The van der Waals surface area contributed by atoms with Gasteiger partial charge in [-0.25, -0.2) is 4.98 Å². The van der Waals surface area contributed by atoms with E-state index in [1.165, 1.54) is 12.3 Å². The summed E-state index contributed by atoms with van der Waals surface area (Å²) in [4.78, 5) is 8.48. The molecule has 1 aromatic rings. The van der Waals surface area contributed by atoms with E-state index in [9.17, 15) is 4.39 Å². The summed E-state index contributed by atoms with van der Waals surface area (Å²) < 4.78 is 13.1. The molecular formula is C15H25FN4. The van der Waals surface area contributed by atoms with Crippen molar-refractivity contribution in [3.8, 4) is 0 Å². The Bertz CT molecular complexity index is 416. The summed E-state index contributed by atoms with van der Waals surface area (Å²) in [5, 5.41) is 3.34. The van der Waals surface area contributed by atoms with Crippen molar-refractivity contribution in [3.05, 3.63) is 24.3 Å². The molecule has 2 heterocycles. The van der Waals surface area contributed by atoms with Gasteiger partial charge in [-0.15, -0.1) is 0 Å². The van der Waals surface area contributed by atoms with Gasteiger partial charge in [-0.1, -0.05) is 13.8 Å². The van der Waals surface area contributed by atoms with Crippen LogP contribution in [-0.2, 0) is 0 Å². The summed E-state index contributed by atoms with van der Waals surface area (Å²) >= 11 is 0. The van der Waals surface area contributed by atoms with Crippen molar-refractivity contribution in [2.24, 2.45) is 5.92 Å². The number of nitrogens with one attached hydrogen (secondary N) is 1. The van der Waals surface area contributed by atoms with E-state index in [0.29, 0.717) is 12.0 Å². The van der Waals surface area contributed by atoms with Crippen LogP contribution in [0.25, 0.3) is 0 Å². The lowest BCUT2D eigenvalue weighted by Crippen LogP contribution is -2.52. The molecule has 1 aliphatic heterocycles. The second kappa shape index (κ2) is 6.99. The van der Waals surface area contributed by atoms with Gasteiger partial charge in [0.15, 0.2) is 0 Å². The molecule has 1 unspecified atom stereocenters. The molecule has 0 spiro atoms. The van der Waals surface area contributed by atoms with Crippen LogP contribution in [0.1, 0.15) is 13.8 Å². The summed E-state index contributed by atoms with van der Waals surface area (Å²) in [5.41, 5.74) is 0.803. The van der Waals surface area contributed by atoms with Gasteiger partial charge in [-0.2, -0.15) is 4.39 Å². The predicted molar refractivity (Wildman–Crippen MR) is 80.4 cm³/mol. The summed E-state index contributed by atoms with van der Waals surface area (Å²) in [6, 6.07) is 3.73. The number of halogens is 1. The highest BCUT2D eigenvalue weighted by atomic mass is 19.1. The first kappa shape index (κ1) is 15.2. The maximum Gasteiger partial charge on any atom is 0.214 e. The van der Waals surface area contributed by atoms with Crippen LogP contribution in [0.5, 0.6) is 0 Å². The Morgan fingerprint density at radius 3 is 2.60 bits per heavy atom. The molecule has 0 bridgehead atoms. The first-order valence-electron chi connectivity index (χ1n) is 7.34. The minimum atomic E-state index is -0.435. The van der Waals surface area contributed by atoms with Gasteiger partial charge in [0.2, 0.25) is 5.95 Å². The third-order valence-electron chi connectivity index (χ3n) is 4.02. The van der Waals surface area contributed by atoms with Crippen molar-refractivity contribution >= 4 is 5.69 Å². The lowest BCUT2D eigenvalue weighted by Gasteiger charge is -2.40. The molecule has 4 nitrogen and oxygen atoms in total. The lowest BCUT2D eigenvalue weighted by atomic mass is 10.0. The van der Waals surface area contributed by atoms with E-state index in [0.717, 1.165) is 38.4 Å². The molecule has 0 saturated carbocycles. The normalized spacial score (nSPS) is 19.2. The maximum atomic E-state index is 13.1. The number of hydrogen-bond donors (Lipinski definition) is 1. The van der Waals surface area contributed by atoms with E-state index in [4.69, 9.17) is 0 Å². The van der Waals surface area contributed by atoms with Gasteiger partial charge in [-0.3, -0.25) is 4.90 Å². The second-order valence-corrected chi connectivity index (χ2v) is 5.90. The van der Waals surface area contributed by atoms with Crippen LogP contribution >= 0.6 is 0 Å². The number of likely N-dealkylation sites (N-methyl/N-ethyl adjacent to an activating group) is 1. The molecule has 1 fully saturated rings. The molecular weight excluding hydrogens is 255 g/mol. The first-order chi connectivity index (χ1) is 9.56. The van der Waals surface area contributed by atoms with E-state index in [1.54, 1.807) is 0 Å². The fourth-order valence-corrected chi connectivity index (χ4v) is 2.67. The minimum Gasteiger partial charge on any atom is -0.383 e. The van der Waals surface area contributed by atoms with Gasteiger partial charge < -0.3 is 10.2 Å². The van der Waals surface area contributed by atoms with Gasteiger partial charge >= 0.3 is 0 Å². The first-order valence-corrected chi connectivity index (χ1v) is 7.34. The van der Waals surface area contributed by atoms with E-state index in [2.05, 4.69) is 41.0 Å². The number of piperazine rings is 1. The van der Waals surface area contributed by atoms with E-state index in [-0.39, 0.29) is 0 Å². The average molecular weight is 280 g/mol. The number of anilines is 1. The quantitative estimate of drug-likeness (QED) is 0.835. The average Bonchev–Trinajstić information content (AvgIpc) is 2.41. The van der Waals surface area contributed by atoms with Crippen molar-refractivity contribution in [2.75, 3.05) is 45.1 Å². The molecule has 1 saturated heterocycles. The maximum absolute atomic E-state index is 13.1. The zero-order valence-corrected chi connectivity index (χ0v) is 12.6. The Morgan fingerprint density at radius 1 is 1.30 bits per heavy atom. The molecule has 0 aromatic carbocycles. The Hall–Kier alpha value is -1.20. The monoisotopic (exact) mass is 280 g/mol. The third kappa shape index (κ3) is 4.15. The molecule has 20 heavy (non-hydrogen) atoms. The molecule has 1 N–H and O–H groups in total. The van der Waals surface area contributed by atoms with Gasteiger partial charge in [0, 0.05) is 56.7 Å². The molecule has 0 amide bonds. The Morgan fingerprint density at radius 2 is 2.00 bits per heavy atom. The van der Waals surface area contributed by atoms with Crippen LogP contribution in [0.4, 0.5) is 10.1 Å². The Labute approximate surface area is 121 Å². The zero-order chi connectivity index (χ0) is 14.5. The van der Waals surface area contributed by atoms with Crippen molar-refractivity contribution in [3.63, 3.8) is 0 Å². The molecule has 112 valence electrons. The molecule has 0 aliphatic carbocycles. The van der Waals surface area contributed by atoms with E-state index < -0.39 is 5.95 Å². The molecule has 2 rings (SSSR count). The highest BCUT2D eigenvalue weighted by molar-refractivity contribution is 5.41. The molecule has 1 atom stereocenters. The molecule has 1 aliphatic rings. The second-order valence-electron chi connectivity index (χ2n) is 5.90. The van der Waals surface area contributed by atoms with Crippen molar-refractivity contribution < 1.29 is 4.39 Å².